The molecule has 0 aliphatic carbocycles. The van der Waals surface area contributed by atoms with Crippen molar-refractivity contribution in [1.82, 2.24) is 15.0 Å². The van der Waals surface area contributed by atoms with Crippen LogP contribution in [0, 0.1) is 12.7 Å². The number of anilines is 2. The maximum Gasteiger partial charge on any atom is 0.528 e. The largest absolute Gasteiger partial charge is 0.528 e. The van der Waals surface area contributed by atoms with Gasteiger partial charge in [0.1, 0.15) is 36.4 Å². The number of carbonyl (C=O) groups is 1. The first-order valence-electron chi connectivity index (χ1n) is 10.8. The molecule has 0 atom stereocenters. The molecule has 0 spiro atoms. The highest BCUT2D eigenvalue weighted by atomic mass is 19.1. The normalized spacial score (nSPS) is 14.7. The first-order chi connectivity index (χ1) is 15.9. The summed E-state index contributed by atoms with van der Waals surface area (Å²) in [5.41, 5.74) is 0.856. The van der Waals surface area contributed by atoms with Crippen LogP contribution in [0.1, 0.15) is 32.3 Å². The number of benzene rings is 1. The second kappa shape index (κ2) is 11.6. The molecule has 1 saturated heterocycles. The van der Waals surface area contributed by atoms with Gasteiger partial charge in [-0.25, -0.2) is 19.2 Å². The lowest BCUT2D eigenvalue weighted by atomic mass is 10.1. The lowest BCUT2D eigenvalue weighted by Crippen LogP contribution is -2.40. The Balaban J connectivity index is 1.57. The van der Waals surface area contributed by atoms with Gasteiger partial charge in [0.2, 0.25) is 5.88 Å². The zero-order valence-corrected chi connectivity index (χ0v) is 18.9. The highest BCUT2D eigenvalue weighted by Gasteiger charge is 2.25. The molecule has 2 N–H and O–H groups in total. The van der Waals surface area contributed by atoms with Gasteiger partial charge in [-0.05, 0) is 32.9 Å². The molecule has 0 bridgehead atoms. The van der Waals surface area contributed by atoms with E-state index in [4.69, 9.17) is 24.2 Å². The van der Waals surface area contributed by atoms with E-state index in [2.05, 4.69) is 15.3 Å². The van der Waals surface area contributed by atoms with Crippen molar-refractivity contribution in [3.8, 4) is 11.6 Å². The molecule has 2 aromatic rings. The number of aromatic nitrogens is 2. The molecule has 10 nitrogen and oxygen atoms in total. The van der Waals surface area contributed by atoms with Crippen molar-refractivity contribution in [2.24, 2.45) is 0 Å². The van der Waals surface area contributed by atoms with Crippen molar-refractivity contribution in [2.45, 2.75) is 45.8 Å². The SMILES string of the molecule is Cc1c(Nc2ccc(OCCO)cc2F)ncnc1OC1CCN(OC(=O)OC(C)C)CC1. The van der Waals surface area contributed by atoms with Crippen LogP contribution in [0.3, 0.4) is 0 Å². The van der Waals surface area contributed by atoms with E-state index in [9.17, 15) is 9.18 Å². The van der Waals surface area contributed by atoms with Crippen LogP contribution < -0.4 is 14.8 Å². The topological polar surface area (TPSA) is 115 Å². The van der Waals surface area contributed by atoms with Crippen molar-refractivity contribution in [2.75, 3.05) is 31.6 Å². The zero-order chi connectivity index (χ0) is 23.8. The van der Waals surface area contributed by atoms with Crippen molar-refractivity contribution in [3.05, 3.63) is 35.9 Å². The van der Waals surface area contributed by atoms with Crippen LogP contribution in [0.15, 0.2) is 24.5 Å². The van der Waals surface area contributed by atoms with Gasteiger partial charge in [0.15, 0.2) is 0 Å². The lowest BCUT2D eigenvalue weighted by molar-refractivity contribution is -0.151. The Morgan fingerprint density at radius 2 is 2.06 bits per heavy atom. The van der Waals surface area contributed by atoms with Crippen molar-refractivity contribution >= 4 is 17.7 Å². The summed E-state index contributed by atoms with van der Waals surface area (Å²) in [4.78, 5) is 25.2. The number of ether oxygens (including phenoxy) is 3. The van der Waals surface area contributed by atoms with Gasteiger partial charge in [0.25, 0.3) is 0 Å². The van der Waals surface area contributed by atoms with Crippen LogP contribution in [0.25, 0.3) is 0 Å². The molecule has 1 aliphatic heterocycles. The Morgan fingerprint density at radius 3 is 2.73 bits per heavy atom. The summed E-state index contributed by atoms with van der Waals surface area (Å²) in [5.74, 6) is 0.618. The second-order valence-electron chi connectivity index (χ2n) is 7.75. The van der Waals surface area contributed by atoms with E-state index in [1.165, 1.54) is 18.5 Å². The number of aliphatic hydroxyl groups excluding tert-OH is 1. The fraction of sp³-hybridized carbons (Fsp3) is 0.500. The van der Waals surface area contributed by atoms with Gasteiger partial charge in [0.05, 0.1) is 24.0 Å². The maximum atomic E-state index is 14.4. The number of piperidine rings is 1. The molecule has 0 radical (unpaired) electrons. The molecule has 2 heterocycles. The Kier molecular flexibility index (Phi) is 8.61. The quantitative estimate of drug-likeness (QED) is 0.535. The molecule has 11 heteroatoms. The van der Waals surface area contributed by atoms with Gasteiger partial charge in [-0.2, -0.15) is 0 Å². The van der Waals surface area contributed by atoms with E-state index in [-0.39, 0.29) is 31.1 Å². The maximum absolute atomic E-state index is 14.4. The average Bonchev–Trinajstić information content (AvgIpc) is 2.77. The van der Waals surface area contributed by atoms with Gasteiger partial charge in [0, 0.05) is 32.0 Å². The summed E-state index contributed by atoms with van der Waals surface area (Å²) >= 11 is 0. The molecule has 1 aromatic heterocycles. The van der Waals surface area contributed by atoms with Crippen LogP contribution in [-0.2, 0) is 9.57 Å². The fourth-order valence-corrected chi connectivity index (χ4v) is 3.18. The summed E-state index contributed by atoms with van der Waals surface area (Å²) in [5, 5.41) is 13.3. The number of hydrogen-bond acceptors (Lipinski definition) is 10. The molecule has 180 valence electrons. The summed E-state index contributed by atoms with van der Waals surface area (Å²) in [6.07, 6.45) is 1.53. The Labute approximate surface area is 191 Å². The molecule has 33 heavy (non-hydrogen) atoms. The number of hydrogen-bond donors (Lipinski definition) is 2. The molecular weight excluding hydrogens is 435 g/mol. The van der Waals surface area contributed by atoms with Crippen LogP contribution in [0.5, 0.6) is 11.6 Å². The zero-order valence-electron chi connectivity index (χ0n) is 18.9. The molecule has 0 amide bonds. The minimum absolute atomic E-state index is 0.0883. The highest BCUT2D eigenvalue weighted by Crippen LogP contribution is 2.29. The van der Waals surface area contributed by atoms with Gasteiger partial charge in [-0.1, -0.05) is 0 Å². The number of nitrogens with one attached hydrogen (secondary N) is 1. The fourth-order valence-electron chi connectivity index (χ4n) is 3.18. The molecule has 0 unspecified atom stereocenters. The number of hydroxylamine groups is 2. The standard InChI is InChI=1S/C22H29FN4O6/c1-14(2)31-22(29)33-27-8-6-16(7-9-27)32-21-15(3)20(24-13-25-21)26-19-5-4-17(12-18(19)23)30-11-10-28/h4-5,12-14,16,28H,6-11H2,1-3H3,(H,24,25,26). The number of carbonyl (C=O) groups excluding carboxylic acids is 1. The summed E-state index contributed by atoms with van der Waals surface area (Å²) in [6, 6.07) is 4.37. The predicted octanol–water partition coefficient (Wildman–Crippen LogP) is 3.36. The molecule has 1 aromatic carbocycles. The smallest absolute Gasteiger partial charge is 0.491 e. The molecule has 1 aliphatic rings. The van der Waals surface area contributed by atoms with Crippen molar-refractivity contribution in [1.29, 1.82) is 0 Å². The Hall–Kier alpha value is -3.18. The van der Waals surface area contributed by atoms with Gasteiger partial charge in [-0.3, -0.25) is 0 Å². The van der Waals surface area contributed by atoms with Gasteiger partial charge < -0.3 is 29.5 Å². The second-order valence-corrected chi connectivity index (χ2v) is 7.75. The number of aliphatic hydroxyl groups is 1. The number of rotatable bonds is 9. The van der Waals surface area contributed by atoms with E-state index in [1.807, 2.05) is 0 Å². The monoisotopic (exact) mass is 464 g/mol. The minimum atomic E-state index is -0.716. The van der Waals surface area contributed by atoms with Crippen molar-refractivity contribution in [3.63, 3.8) is 0 Å². The van der Waals surface area contributed by atoms with Gasteiger partial charge >= 0.3 is 6.16 Å². The molecular formula is C22H29FN4O6. The Bertz CT molecular complexity index is 937. The summed E-state index contributed by atoms with van der Waals surface area (Å²) < 4.78 is 30.7. The first-order valence-corrected chi connectivity index (χ1v) is 10.8. The lowest BCUT2D eigenvalue weighted by Gasteiger charge is -2.30. The van der Waals surface area contributed by atoms with Crippen LogP contribution in [0.4, 0.5) is 20.7 Å². The minimum Gasteiger partial charge on any atom is -0.491 e. The van der Waals surface area contributed by atoms with E-state index in [0.717, 1.165) is 0 Å². The van der Waals surface area contributed by atoms with Crippen LogP contribution >= 0.6 is 0 Å². The molecule has 0 saturated carbocycles. The molecule has 3 rings (SSSR count). The van der Waals surface area contributed by atoms with Gasteiger partial charge in [-0.15, -0.1) is 5.06 Å². The predicted molar refractivity (Wildman–Crippen MR) is 117 cm³/mol. The highest BCUT2D eigenvalue weighted by molar-refractivity contribution is 5.62. The molecule has 1 fully saturated rings. The van der Waals surface area contributed by atoms with Crippen LogP contribution in [-0.4, -0.2) is 64.8 Å². The summed E-state index contributed by atoms with van der Waals surface area (Å²) in [6.45, 7) is 6.24. The third-order valence-corrected chi connectivity index (χ3v) is 4.81. The van der Waals surface area contributed by atoms with E-state index < -0.39 is 12.0 Å². The van der Waals surface area contributed by atoms with E-state index >= 15 is 0 Å². The Morgan fingerprint density at radius 1 is 1.30 bits per heavy atom. The first kappa shape index (κ1) is 24.5. The van der Waals surface area contributed by atoms with E-state index in [0.29, 0.717) is 48.9 Å². The third-order valence-electron chi connectivity index (χ3n) is 4.81. The average molecular weight is 464 g/mol. The number of halogens is 1. The van der Waals surface area contributed by atoms with Crippen LogP contribution in [0.2, 0.25) is 0 Å². The summed E-state index contributed by atoms with van der Waals surface area (Å²) in [7, 11) is 0. The third kappa shape index (κ3) is 7.16. The van der Waals surface area contributed by atoms with Crippen molar-refractivity contribution < 1.29 is 33.3 Å². The number of nitrogens with zero attached hydrogens (tertiary/aromatic N) is 3. The van der Waals surface area contributed by atoms with E-state index in [1.54, 1.807) is 31.9 Å².